The van der Waals surface area contributed by atoms with Crippen LogP contribution in [0.25, 0.3) is 0 Å². The minimum Gasteiger partial charge on any atom is -0.370 e. The molecule has 0 amide bonds. The molecule has 0 aliphatic carbocycles. The maximum Gasteiger partial charge on any atom is 0.126 e. The van der Waals surface area contributed by atoms with Gasteiger partial charge in [-0.15, -0.1) is 0 Å². The lowest BCUT2D eigenvalue weighted by molar-refractivity contribution is 1.09. The maximum atomic E-state index is 6.17. The molecule has 0 aromatic carbocycles. The van der Waals surface area contributed by atoms with Crippen LogP contribution in [0.15, 0.2) is 40.0 Å². The largest absolute Gasteiger partial charge is 0.370 e. The lowest BCUT2D eigenvalue weighted by Gasteiger charge is -2.08. The molecule has 0 saturated heterocycles. The van der Waals surface area contributed by atoms with Gasteiger partial charge in [-0.25, -0.2) is 9.97 Å². The normalized spacial score (nSPS) is 10.5. The number of aromatic nitrogens is 2. The van der Waals surface area contributed by atoms with Crippen molar-refractivity contribution in [3.8, 4) is 0 Å². The third kappa shape index (κ3) is 4.09. The molecule has 0 spiro atoms. The molecule has 0 saturated carbocycles. The van der Waals surface area contributed by atoms with Gasteiger partial charge in [0.15, 0.2) is 0 Å². The van der Waals surface area contributed by atoms with E-state index in [-0.39, 0.29) is 0 Å². The Morgan fingerprint density at radius 1 is 1.37 bits per heavy atom. The number of halogens is 2. The molecule has 2 rings (SSSR count). The van der Waals surface area contributed by atoms with Crippen LogP contribution >= 0.6 is 39.3 Å². The average Bonchev–Trinajstić information content (AvgIpc) is 2.41. The van der Waals surface area contributed by atoms with Crippen molar-refractivity contribution in [2.24, 2.45) is 0 Å². The number of rotatable bonds is 5. The lowest BCUT2D eigenvalue weighted by Crippen LogP contribution is -2.01. The van der Waals surface area contributed by atoms with Crippen LogP contribution in [0.5, 0.6) is 0 Å². The van der Waals surface area contributed by atoms with E-state index < -0.39 is 0 Å². The minimum atomic E-state index is 0.682. The molecule has 0 radical (unpaired) electrons. The first-order valence-corrected chi connectivity index (χ1v) is 7.99. The van der Waals surface area contributed by atoms with Gasteiger partial charge >= 0.3 is 0 Å². The van der Waals surface area contributed by atoms with Gasteiger partial charge in [0.25, 0.3) is 0 Å². The number of nitrogens with zero attached hydrogens (tertiary/aromatic N) is 2. The number of hydrogen-bond acceptors (Lipinski definition) is 4. The minimum absolute atomic E-state index is 0.682. The first-order valence-electron chi connectivity index (χ1n) is 5.83. The molecule has 3 nitrogen and oxygen atoms in total. The van der Waals surface area contributed by atoms with Gasteiger partial charge in [0.2, 0.25) is 0 Å². The van der Waals surface area contributed by atoms with Crippen LogP contribution in [0.1, 0.15) is 12.6 Å². The first-order chi connectivity index (χ1) is 9.20. The molecule has 19 heavy (non-hydrogen) atoms. The fourth-order valence-electron chi connectivity index (χ4n) is 1.48. The van der Waals surface area contributed by atoms with Crippen molar-refractivity contribution in [3.05, 3.63) is 45.7 Å². The van der Waals surface area contributed by atoms with Crippen LogP contribution < -0.4 is 5.32 Å². The van der Waals surface area contributed by atoms with Crippen molar-refractivity contribution in [2.75, 3.05) is 11.9 Å². The molecule has 6 heteroatoms. The van der Waals surface area contributed by atoms with Crippen molar-refractivity contribution in [1.29, 1.82) is 0 Å². The van der Waals surface area contributed by atoms with Crippen molar-refractivity contribution in [2.45, 2.75) is 17.7 Å². The molecule has 2 aromatic heterocycles. The summed E-state index contributed by atoms with van der Waals surface area (Å²) in [7, 11) is 0. The van der Waals surface area contributed by atoms with E-state index in [2.05, 4.69) is 31.2 Å². The average molecular weight is 359 g/mol. The van der Waals surface area contributed by atoms with Crippen LogP contribution in [0.3, 0.4) is 0 Å². The predicted octanol–water partition coefficient (Wildman–Crippen LogP) is 4.62. The van der Waals surface area contributed by atoms with Gasteiger partial charge < -0.3 is 5.32 Å². The summed E-state index contributed by atoms with van der Waals surface area (Å²) < 4.78 is 0.985. The monoisotopic (exact) mass is 357 g/mol. The van der Waals surface area contributed by atoms with Gasteiger partial charge in [0.1, 0.15) is 10.8 Å². The maximum absolute atomic E-state index is 6.17. The van der Waals surface area contributed by atoms with Gasteiger partial charge in [0.05, 0.1) is 10.7 Å². The SMILES string of the molecule is CCNc1ccc(Cl)c(CSc2ncccc2Br)n1. The summed E-state index contributed by atoms with van der Waals surface area (Å²) in [5, 5.41) is 4.80. The standard InChI is InChI=1S/C13H13BrClN3S/c1-2-16-12-6-5-10(15)11(18-12)8-19-13-9(14)4-3-7-17-13/h3-7H,2,8H2,1H3,(H,16,18). The Hall–Kier alpha value is -0.780. The van der Waals surface area contributed by atoms with E-state index in [4.69, 9.17) is 11.6 Å². The smallest absolute Gasteiger partial charge is 0.126 e. The highest BCUT2D eigenvalue weighted by Gasteiger charge is 2.07. The van der Waals surface area contributed by atoms with Crippen molar-refractivity contribution in [1.82, 2.24) is 9.97 Å². The second kappa shape index (κ2) is 7.12. The highest BCUT2D eigenvalue weighted by Crippen LogP contribution is 2.29. The quantitative estimate of drug-likeness (QED) is 0.792. The Kier molecular flexibility index (Phi) is 5.48. The predicted molar refractivity (Wildman–Crippen MR) is 84.9 cm³/mol. The molecule has 0 fully saturated rings. The number of pyridine rings is 2. The fraction of sp³-hybridized carbons (Fsp3) is 0.231. The molecule has 0 atom stereocenters. The van der Waals surface area contributed by atoms with Crippen LogP contribution in [0.2, 0.25) is 5.02 Å². The van der Waals surface area contributed by atoms with Crippen molar-refractivity contribution >= 4 is 45.1 Å². The molecule has 1 N–H and O–H groups in total. The van der Waals surface area contributed by atoms with E-state index in [9.17, 15) is 0 Å². The molecule has 0 aliphatic heterocycles. The molecular weight excluding hydrogens is 346 g/mol. The molecule has 2 heterocycles. The summed E-state index contributed by atoms with van der Waals surface area (Å²) in [6.07, 6.45) is 1.77. The molecule has 2 aromatic rings. The van der Waals surface area contributed by atoms with Gasteiger partial charge in [-0.1, -0.05) is 23.4 Å². The highest BCUT2D eigenvalue weighted by atomic mass is 79.9. The van der Waals surface area contributed by atoms with Crippen LogP contribution in [-0.2, 0) is 5.75 Å². The summed E-state index contributed by atoms with van der Waals surface area (Å²) in [5.41, 5.74) is 0.864. The van der Waals surface area contributed by atoms with Gasteiger partial charge in [-0.2, -0.15) is 0 Å². The first kappa shape index (κ1) is 14.6. The van der Waals surface area contributed by atoms with Crippen LogP contribution in [0, 0.1) is 0 Å². The number of thioether (sulfide) groups is 1. The van der Waals surface area contributed by atoms with Gasteiger partial charge in [-0.3, -0.25) is 0 Å². The summed E-state index contributed by atoms with van der Waals surface area (Å²) in [6, 6.07) is 7.62. The van der Waals surface area contributed by atoms with E-state index in [0.29, 0.717) is 10.8 Å². The third-order valence-corrected chi connectivity index (χ3v) is 4.61. The molecular formula is C13H13BrClN3S. The number of nitrogens with one attached hydrogen (secondary N) is 1. The number of anilines is 1. The second-order valence-corrected chi connectivity index (χ2v) is 5.96. The zero-order valence-corrected chi connectivity index (χ0v) is 13.5. The summed E-state index contributed by atoms with van der Waals surface area (Å²) in [5.74, 6) is 1.54. The topological polar surface area (TPSA) is 37.8 Å². The Morgan fingerprint density at radius 3 is 2.95 bits per heavy atom. The van der Waals surface area contributed by atoms with Crippen LogP contribution in [0.4, 0.5) is 5.82 Å². The zero-order chi connectivity index (χ0) is 13.7. The van der Waals surface area contributed by atoms with E-state index in [1.54, 1.807) is 18.0 Å². The zero-order valence-electron chi connectivity index (χ0n) is 10.4. The van der Waals surface area contributed by atoms with E-state index in [1.807, 2.05) is 31.2 Å². The van der Waals surface area contributed by atoms with E-state index >= 15 is 0 Å². The number of hydrogen-bond donors (Lipinski definition) is 1. The molecule has 100 valence electrons. The Labute approximate surface area is 130 Å². The van der Waals surface area contributed by atoms with Crippen LogP contribution in [-0.4, -0.2) is 16.5 Å². The summed E-state index contributed by atoms with van der Waals surface area (Å²) in [6.45, 7) is 2.88. The third-order valence-electron chi connectivity index (χ3n) is 2.35. The van der Waals surface area contributed by atoms with Crippen molar-refractivity contribution in [3.63, 3.8) is 0 Å². The Morgan fingerprint density at radius 2 is 2.21 bits per heavy atom. The van der Waals surface area contributed by atoms with Gasteiger partial charge in [0, 0.05) is 23.0 Å². The summed E-state index contributed by atoms with van der Waals surface area (Å²) >= 11 is 11.3. The molecule has 0 aliphatic rings. The molecule has 0 bridgehead atoms. The fourth-order valence-corrected chi connectivity index (χ4v) is 3.16. The van der Waals surface area contributed by atoms with Gasteiger partial charge in [-0.05, 0) is 47.1 Å². The lowest BCUT2D eigenvalue weighted by atomic mass is 10.3. The second-order valence-electron chi connectivity index (χ2n) is 3.73. The molecule has 0 unspecified atom stereocenters. The van der Waals surface area contributed by atoms with E-state index in [1.165, 1.54) is 0 Å². The summed E-state index contributed by atoms with van der Waals surface area (Å²) in [4.78, 5) is 8.81. The Bertz CT molecular complexity index is 565. The highest BCUT2D eigenvalue weighted by molar-refractivity contribution is 9.10. The van der Waals surface area contributed by atoms with Crippen molar-refractivity contribution < 1.29 is 0 Å². The van der Waals surface area contributed by atoms with E-state index in [0.717, 1.165) is 27.6 Å². The Balaban J connectivity index is 2.10.